The molecular weight excluding hydrogens is 560 g/mol. The number of ether oxygens (including phenoxy) is 1. The first-order valence-corrected chi connectivity index (χ1v) is 16.7. The van der Waals surface area contributed by atoms with Gasteiger partial charge < -0.3 is 10.1 Å². The Bertz CT molecular complexity index is 1590. The summed E-state index contributed by atoms with van der Waals surface area (Å²) in [5.41, 5.74) is 4.57. The summed E-state index contributed by atoms with van der Waals surface area (Å²) in [6, 6.07) is 15.2. The fourth-order valence-electron chi connectivity index (χ4n) is 6.60. The maximum atomic E-state index is 13.7. The molecule has 2 N–H and O–H groups in total. The van der Waals surface area contributed by atoms with Gasteiger partial charge in [-0.3, -0.25) is 4.79 Å². The number of fused-ring (bicyclic) bond motifs is 4. The van der Waals surface area contributed by atoms with Crippen molar-refractivity contribution < 1.29 is 17.9 Å². The van der Waals surface area contributed by atoms with Crippen molar-refractivity contribution in [3.8, 4) is 17.1 Å². The zero-order valence-electron chi connectivity index (χ0n) is 26.3. The highest BCUT2D eigenvalue weighted by atomic mass is 32.2. The van der Waals surface area contributed by atoms with Crippen molar-refractivity contribution in [1.82, 2.24) is 15.3 Å². The number of carbonyl (C=O) groups is 1. The van der Waals surface area contributed by atoms with Crippen molar-refractivity contribution >= 4 is 21.9 Å². The lowest BCUT2D eigenvalue weighted by atomic mass is 9.63. The second-order valence-electron chi connectivity index (χ2n) is 13.8. The molecule has 43 heavy (non-hydrogen) atoms. The summed E-state index contributed by atoms with van der Waals surface area (Å²) in [5.74, 6) is 0.710. The molecule has 1 aliphatic carbocycles. The quantitative estimate of drug-likeness (QED) is 0.338. The molecule has 2 atom stereocenters. The average molecular weight is 605 g/mol. The summed E-state index contributed by atoms with van der Waals surface area (Å²) in [4.78, 5) is 21.7. The Kier molecular flexibility index (Phi) is 8.58. The van der Waals surface area contributed by atoms with E-state index in [-0.39, 0.29) is 51.9 Å². The second kappa shape index (κ2) is 11.9. The Morgan fingerprint density at radius 1 is 1.05 bits per heavy atom. The van der Waals surface area contributed by atoms with Crippen molar-refractivity contribution in [2.45, 2.75) is 84.6 Å². The molecule has 2 aromatic carbocycles. The van der Waals surface area contributed by atoms with E-state index in [1.165, 1.54) is 0 Å². The predicted octanol–water partition coefficient (Wildman–Crippen LogP) is 6.64. The zero-order chi connectivity index (χ0) is 31.1. The smallest absolute Gasteiger partial charge is 0.264 e. The summed E-state index contributed by atoms with van der Waals surface area (Å²) in [5, 5.41) is 3.18. The molecule has 9 heteroatoms. The minimum absolute atomic E-state index is 0.00382. The number of aryl methyl sites for hydroxylation is 2. The topological polar surface area (TPSA) is 110 Å². The van der Waals surface area contributed by atoms with E-state index in [0.29, 0.717) is 18.2 Å². The van der Waals surface area contributed by atoms with E-state index >= 15 is 0 Å². The molecule has 2 aliphatic rings. The lowest BCUT2D eigenvalue weighted by molar-refractivity contribution is -0.125. The number of hydrogen-bond acceptors (Lipinski definition) is 6. The van der Waals surface area contributed by atoms with Crippen molar-refractivity contribution in [3.05, 3.63) is 65.2 Å². The molecule has 0 spiro atoms. The zero-order valence-corrected chi connectivity index (χ0v) is 27.1. The SMILES string of the molecule is Cc1cccc(C)c1-c1cc2nc(n1)NS(=O)(=O)c1cccc(c1)C([C@H]1C[C@@H](NC(=O)C(C)C)C1)[C@H](CC(C)(C)C)CO2. The monoisotopic (exact) mass is 604 g/mol. The van der Waals surface area contributed by atoms with Gasteiger partial charge in [0.1, 0.15) is 0 Å². The number of carbonyl (C=O) groups excluding carboxylic acids is 1. The van der Waals surface area contributed by atoms with E-state index in [1.54, 1.807) is 12.1 Å². The highest BCUT2D eigenvalue weighted by Gasteiger charge is 2.42. The van der Waals surface area contributed by atoms with Gasteiger partial charge in [0.15, 0.2) is 0 Å². The van der Waals surface area contributed by atoms with Gasteiger partial charge in [-0.2, -0.15) is 4.98 Å². The third-order valence-corrected chi connectivity index (χ3v) is 9.93. The first-order valence-electron chi connectivity index (χ1n) is 15.2. The van der Waals surface area contributed by atoms with Gasteiger partial charge in [-0.05, 0) is 79.2 Å². The van der Waals surface area contributed by atoms with Gasteiger partial charge in [-0.25, -0.2) is 18.1 Å². The minimum atomic E-state index is -3.98. The molecule has 1 aliphatic heterocycles. The Hall–Kier alpha value is -3.46. The first-order chi connectivity index (χ1) is 20.2. The lowest BCUT2D eigenvalue weighted by Gasteiger charge is -2.45. The number of rotatable bonds is 5. The molecule has 1 fully saturated rings. The summed E-state index contributed by atoms with van der Waals surface area (Å²) >= 11 is 0. The van der Waals surface area contributed by atoms with Gasteiger partial charge in [0, 0.05) is 29.5 Å². The van der Waals surface area contributed by atoms with Crippen LogP contribution in [-0.2, 0) is 14.8 Å². The molecule has 5 rings (SSSR count). The van der Waals surface area contributed by atoms with Crippen LogP contribution in [0.25, 0.3) is 11.3 Å². The molecule has 2 heterocycles. The van der Waals surface area contributed by atoms with E-state index in [1.807, 2.05) is 64.1 Å². The highest BCUT2D eigenvalue weighted by molar-refractivity contribution is 7.92. The molecular formula is C34H44N4O4S. The van der Waals surface area contributed by atoms with Gasteiger partial charge in [-0.15, -0.1) is 0 Å². The van der Waals surface area contributed by atoms with Crippen LogP contribution in [0.15, 0.2) is 53.4 Å². The Morgan fingerprint density at radius 3 is 2.37 bits per heavy atom. The molecule has 1 saturated carbocycles. The van der Waals surface area contributed by atoms with Crippen molar-refractivity contribution in [2.75, 3.05) is 11.3 Å². The maximum Gasteiger partial charge on any atom is 0.264 e. The Balaban J connectivity index is 1.58. The third kappa shape index (κ3) is 7.03. The van der Waals surface area contributed by atoms with E-state index in [4.69, 9.17) is 4.74 Å². The van der Waals surface area contributed by atoms with Crippen LogP contribution in [0.1, 0.15) is 76.5 Å². The number of sulfonamides is 1. The molecule has 0 saturated heterocycles. The standard InChI is InChI=1S/C34H44N4O4S/c1-20(2)32(39)35-26-14-24(15-26)31-23-12-9-13-27(16-23)43(40,41)38-33-36-28(30-21(3)10-8-11-22(30)4)17-29(37-33)42-19-25(31)18-34(5,6)7/h8-13,16-17,20,24-26,31H,14-15,18-19H2,1-7H3,(H,35,39)(H,36,37,38)/t24-,25-,26+,31?/m1/s1. The van der Waals surface area contributed by atoms with Crippen LogP contribution in [0.2, 0.25) is 0 Å². The van der Waals surface area contributed by atoms with Gasteiger partial charge >= 0.3 is 0 Å². The van der Waals surface area contributed by atoms with Crippen molar-refractivity contribution in [3.63, 3.8) is 0 Å². The fourth-order valence-corrected chi connectivity index (χ4v) is 7.60. The highest BCUT2D eigenvalue weighted by Crippen LogP contribution is 2.47. The second-order valence-corrected chi connectivity index (χ2v) is 15.5. The fraction of sp³-hybridized carbons (Fsp3) is 0.500. The molecule has 3 aromatic rings. The predicted molar refractivity (Wildman–Crippen MR) is 169 cm³/mol. The number of hydrogen-bond donors (Lipinski definition) is 2. The molecule has 8 nitrogen and oxygen atoms in total. The van der Waals surface area contributed by atoms with E-state index in [0.717, 1.165) is 41.5 Å². The lowest BCUT2D eigenvalue weighted by Crippen LogP contribution is -2.48. The molecule has 1 unspecified atom stereocenters. The van der Waals surface area contributed by atoms with Crippen LogP contribution in [0.5, 0.6) is 5.88 Å². The average Bonchev–Trinajstić information content (AvgIpc) is 2.88. The van der Waals surface area contributed by atoms with E-state index in [2.05, 4.69) is 40.8 Å². The van der Waals surface area contributed by atoms with Crippen molar-refractivity contribution in [1.29, 1.82) is 0 Å². The number of nitrogens with zero attached hydrogens (tertiary/aromatic N) is 2. The number of benzene rings is 2. The number of anilines is 1. The summed E-state index contributed by atoms with van der Waals surface area (Å²) in [6.45, 7) is 14.9. The van der Waals surface area contributed by atoms with Crippen LogP contribution in [0.4, 0.5) is 5.95 Å². The third-order valence-electron chi connectivity index (χ3n) is 8.60. The van der Waals surface area contributed by atoms with Gasteiger partial charge in [-0.1, -0.05) is 65.0 Å². The summed E-state index contributed by atoms with van der Waals surface area (Å²) in [6.07, 6.45) is 2.55. The summed E-state index contributed by atoms with van der Waals surface area (Å²) in [7, 11) is -3.98. The molecule has 4 bridgehead atoms. The number of aromatic nitrogens is 2. The van der Waals surface area contributed by atoms with Crippen LogP contribution < -0.4 is 14.8 Å². The number of amides is 1. The van der Waals surface area contributed by atoms with E-state index < -0.39 is 10.0 Å². The molecule has 0 radical (unpaired) electrons. The molecule has 1 amide bonds. The largest absolute Gasteiger partial charge is 0.477 e. The Labute approximate surface area is 256 Å². The van der Waals surface area contributed by atoms with Crippen LogP contribution >= 0.6 is 0 Å². The molecule has 1 aromatic heterocycles. The van der Waals surface area contributed by atoms with Crippen molar-refractivity contribution in [2.24, 2.45) is 23.2 Å². The number of nitrogens with one attached hydrogen (secondary N) is 2. The normalized spacial score (nSPS) is 23.2. The Morgan fingerprint density at radius 2 is 1.72 bits per heavy atom. The van der Waals surface area contributed by atoms with Gasteiger partial charge in [0.05, 0.1) is 17.2 Å². The van der Waals surface area contributed by atoms with Gasteiger partial charge in [0.25, 0.3) is 10.0 Å². The van der Waals surface area contributed by atoms with E-state index in [9.17, 15) is 13.2 Å². The van der Waals surface area contributed by atoms with Crippen LogP contribution in [0, 0.1) is 37.0 Å². The summed E-state index contributed by atoms with van der Waals surface area (Å²) < 4.78 is 36.5. The van der Waals surface area contributed by atoms with Crippen LogP contribution in [-0.4, -0.2) is 36.9 Å². The first kappa shape index (κ1) is 31.0. The minimum Gasteiger partial charge on any atom is -0.477 e. The maximum absolute atomic E-state index is 13.7. The van der Waals surface area contributed by atoms with Gasteiger partial charge in [0.2, 0.25) is 17.7 Å². The van der Waals surface area contributed by atoms with Crippen LogP contribution in [0.3, 0.4) is 0 Å². The molecule has 230 valence electrons.